The minimum absolute atomic E-state index is 0.189. The van der Waals surface area contributed by atoms with E-state index in [2.05, 4.69) is 28.8 Å². The fraction of sp³-hybridized carbons (Fsp3) is 0.161. The summed E-state index contributed by atoms with van der Waals surface area (Å²) >= 11 is 1.76. The van der Waals surface area contributed by atoms with Gasteiger partial charge in [0.25, 0.3) is 5.91 Å². The molecule has 5 rings (SSSR count). The van der Waals surface area contributed by atoms with Crippen molar-refractivity contribution in [1.82, 2.24) is 5.32 Å². The van der Waals surface area contributed by atoms with E-state index in [9.17, 15) is 9.59 Å². The maximum Gasteiger partial charge on any atom is 0.252 e. The number of nitrogens with one attached hydrogen (secondary N) is 2. The number of rotatable bonds is 7. The van der Waals surface area contributed by atoms with Crippen LogP contribution in [0.15, 0.2) is 114 Å². The maximum absolute atomic E-state index is 13.7. The zero-order valence-corrected chi connectivity index (χ0v) is 20.8. The second-order valence-electron chi connectivity index (χ2n) is 9.10. The van der Waals surface area contributed by atoms with Crippen LogP contribution >= 0.6 is 11.8 Å². The highest BCUT2D eigenvalue weighted by molar-refractivity contribution is 7.98. The van der Waals surface area contributed by atoms with Crippen LogP contribution in [0.5, 0.6) is 0 Å². The molecule has 0 aliphatic heterocycles. The molecule has 0 spiro atoms. The molecule has 4 nitrogen and oxygen atoms in total. The van der Waals surface area contributed by atoms with E-state index in [-0.39, 0.29) is 11.8 Å². The van der Waals surface area contributed by atoms with Crippen LogP contribution in [0.2, 0.25) is 0 Å². The largest absolute Gasteiger partial charge is 0.337 e. The van der Waals surface area contributed by atoms with Crippen LogP contribution in [-0.2, 0) is 23.4 Å². The smallest absolute Gasteiger partial charge is 0.252 e. The Morgan fingerprint density at radius 3 is 2.11 bits per heavy atom. The Morgan fingerprint density at radius 2 is 1.39 bits per heavy atom. The highest BCUT2D eigenvalue weighted by atomic mass is 32.2. The van der Waals surface area contributed by atoms with Gasteiger partial charge in [0.15, 0.2) is 0 Å². The topological polar surface area (TPSA) is 58.2 Å². The number of thioether (sulfide) groups is 1. The third-order valence-electron chi connectivity index (χ3n) is 6.62. The lowest BCUT2D eigenvalue weighted by Crippen LogP contribution is -2.59. The van der Waals surface area contributed by atoms with Gasteiger partial charge in [-0.15, -0.1) is 11.8 Å². The lowest BCUT2D eigenvalue weighted by molar-refractivity contribution is -0.122. The zero-order valence-electron chi connectivity index (χ0n) is 19.9. The molecule has 4 aromatic rings. The molecule has 0 bridgehead atoms. The zero-order chi connectivity index (χ0) is 24.8. The standard InChI is InChI=1S/C31H28N2O2S/c34-29(25-12-5-2-6-13-25)33-31(20-19-24-11-7-8-14-26(24)21-31)30(35)32-27-15-17-28(18-16-27)36-22-23-9-3-1-4-10-23/h1-18H,19-22H2,(H,32,35)(H,33,34). The molecule has 5 heteroatoms. The second-order valence-corrected chi connectivity index (χ2v) is 10.1. The summed E-state index contributed by atoms with van der Waals surface area (Å²) in [5.41, 5.74) is 3.84. The second kappa shape index (κ2) is 10.8. The average Bonchev–Trinajstić information content (AvgIpc) is 2.93. The van der Waals surface area contributed by atoms with E-state index in [4.69, 9.17) is 0 Å². The predicted molar refractivity (Wildman–Crippen MR) is 146 cm³/mol. The quantitative estimate of drug-likeness (QED) is 0.299. The SMILES string of the molecule is O=C(NC1(C(=O)Nc2ccc(SCc3ccccc3)cc2)CCc2ccccc2C1)c1ccccc1. The predicted octanol–water partition coefficient (Wildman–Crippen LogP) is 6.28. The molecule has 0 aromatic heterocycles. The first-order valence-corrected chi connectivity index (χ1v) is 13.1. The number of hydrogen-bond donors (Lipinski definition) is 2. The molecule has 1 aliphatic rings. The van der Waals surface area contributed by atoms with E-state index in [1.54, 1.807) is 23.9 Å². The van der Waals surface area contributed by atoms with Gasteiger partial charge in [0.05, 0.1) is 0 Å². The van der Waals surface area contributed by atoms with Crippen molar-refractivity contribution in [3.05, 3.63) is 131 Å². The maximum atomic E-state index is 13.7. The molecule has 0 radical (unpaired) electrons. The number of hydrogen-bond acceptors (Lipinski definition) is 3. The fourth-order valence-electron chi connectivity index (χ4n) is 4.60. The highest BCUT2D eigenvalue weighted by Gasteiger charge is 2.42. The van der Waals surface area contributed by atoms with Crippen molar-refractivity contribution in [3.63, 3.8) is 0 Å². The molecule has 1 unspecified atom stereocenters. The van der Waals surface area contributed by atoms with Crippen molar-refractivity contribution < 1.29 is 9.59 Å². The fourth-order valence-corrected chi connectivity index (χ4v) is 5.45. The Bertz CT molecular complexity index is 1340. The van der Waals surface area contributed by atoms with Crippen LogP contribution in [-0.4, -0.2) is 17.4 Å². The monoisotopic (exact) mass is 492 g/mol. The summed E-state index contributed by atoms with van der Waals surface area (Å²) in [6.45, 7) is 0. The Labute approximate surface area is 216 Å². The van der Waals surface area contributed by atoms with Gasteiger partial charge in [-0.3, -0.25) is 9.59 Å². The minimum Gasteiger partial charge on any atom is -0.337 e. The summed E-state index contributed by atoms with van der Waals surface area (Å²) in [5, 5.41) is 6.18. The van der Waals surface area contributed by atoms with Gasteiger partial charge < -0.3 is 10.6 Å². The summed E-state index contributed by atoms with van der Waals surface area (Å²) in [6.07, 6.45) is 1.73. The Hall–Kier alpha value is -3.83. The highest BCUT2D eigenvalue weighted by Crippen LogP contribution is 2.31. The van der Waals surface area contributed by atoms with Crippen molar-refractivity contribution in [2.75, 3.05) is 5.32 Å². The number of benzene rings is 4. The summed E-state index contributed by atoms with van der Waals surface area (Å²) < 4.78 is 0. The number of carbonyl (C=O) groups excluding carboxylic acids is 2. The number of carbonyl (C=O) groups is 2. The first kappa shape index (κ1) is 23.9. The Morgan fingerprint density at radius 1 is 0.750 bits per heavy atom. The number of amides is 2. The molecule has 1 atom stereocenters. The van der Waals surface area contributed by atoms with Crippen molar-refractivity contribution in [3.8, 4) is 0 Å². The molecule has 0 heterocycles. The van der Waals surface area contributed by atoms with Crippen molar-refractivity contribution in [2.45, 2.75) is 35.4 Å². The van der Waals surface area contributed by atoms with Gasteiger partial charge in [0.2, 0.25) is 5.91 Å². The number of aryl methyl sites for hydroxylation is 1. The first-order chi connectivity index (χ1) is 17.6. The summed E-state index contributed by atoms with van der Waals surface area (Å²) in [6, 6.07) is 35.5. The van der Waals surface area contributed by atoms with E-state index < -0.39 is 5.54 Å². The summed E-state index contributed by atoms with van der Waals surface area (Å²) in [5.74, 6) is 0.462. The van der Waals surface area contributed by atoms with Crippen LogP contribution in [0, 0.1) is 0 Å². The van der Waals surface area contributed by atoms with Gasteiger partial charge in [-0.05, 0) is 65.9 Å². The van der Waals surface area contributed by atoms with Gasteiger partial charge in [-0.2, -0.15) is 0 Å². The molecular formula is C31H28N2O2S. The normalized spacial score (nSPS) is 16.6. The molecule has 0 fully saturated rings. The van der Waals surface area contributed by atoms with E-state index in [0.717, 1.165) is 28.3 Å². The van der Waals surface area contributed by atoms with Gasteiger partial charge in [0, 0.05) is 28.3 Å². The van der Waals surface area contributed by atoms with Crippen LogP contribution < -0.4 is 10.6 Å². The molecule has 36 heavy (non-hydrogen) atoms. The lowest BCUT2D eigenvalue weighted by atomic mass is 9.77. The van der Waals surface area contributed by atoms with E-state index in [1.165, 1.54) is 11.1 Å². The Kier molecular flexibility index (Phi) is 7.19. The van der Waals surface area contributed by atoms with Crippen LogP contribution in [0.3, 0.4) is 0 Å². The summed E-state index contributed by atoms with van der Waals surface area (Å²) in [4.78, 5) is 28.0. The molecule has 180 valence electrons. The number of anilines is 1. The van der Waals surface area contributed by atoms with Gasteiger partial charge >= 0.3 is 0 Å². The van der Waals surface area contributed by atoms with Crippen LogP contribution in [0.4, 0.5) is 5.69 Å². The van der Waals surface area contributed by atoms with Crippen molar-refractivity contribution in [1.29, 1.82) is 0 Å². The molecule has 2 amide bonds. The van der Waals surface area contributed by atoms with Gasteiger partial charge in [-0.25, -0.2) is 0 Å². The molecule has 0 saturated carbocycles. The van der Waals surface area contributed by atoms with E-state index in [0.29, 0.717) is 18.4 Å². The average molecular weight is 493 g/mol. The van der Waals surface area contributed by atoms with Crippen LogP contribution in [0.25, 0.3) is 0 Å². The first-order valence-electron chi connectivity index (χ1n) is 12.1. The molecule has 2 N–H and O–H groups in total. The molecule has 0 saturated heterocycles. The van der Waals surface area contributed by atoms with Crippen LogP contribution in [0.1, 0.15) is 33.5 Å². The minimum atomic E-state index is -1.03. The molecule has 4 aromatic carbocycles. The van der Waals surface area contributed by atoms with Crippen molar-refractivity contribution in [2.24, 2.45) is 0 Å². The van der Waals surface area contributed by atoms with E-state index in [1.807, 2.05) is 78.9 Å². The molecule has 1 aliphatic carbocycles. The van der Waals surface area contributed by atoms with Gasteiger partial charge in [0.1, 0.15) is 5.54 Å². The van der Waals surface area contributed by atoms with E-state index >= 15 is 0 Å². The third kappa shape index (κ3) is 5.52. The lowest BCUT2D eigenvalue weighted by Gasteiger charge is -2.37. The summed E-state index contributed by atoms with van der Waals surface area (Å²) in [7, 11) is 0. The number of fused-ring (bicyclic) bond motifs is 1. The van der Waals surface area contributed by atoms with Crippen molar-refractivity contribution >= 4 is 29.3 Å². The van der Waals surface area contributed by atoms with Gasteiger partial charge in [-0.1, -0.05) is 72.8 Å². The Balaban J connectivity index is 1.32. The molecular weight excluding hydrogens is 464 g/mol. The third-order valence-corrected chi connectivity index (χ3v) is 7.70.